The summed E-state index contributed by atoms with van der Waals surface area (Å²) in [5, 5.41) is 19.9. The first-order valence-electron chi connectivity index (χ1n) is 11.1. The molecular weight excluding hydrogens is 474 g/mol. The van der Waals surface area contributed by atoms with Crippen LogP contribution in [0.25, 0.3) is 21.5 Å². The van der Waals surface area contributed by atoms with Crippen LogP contribution in [0.15, 0.2) is 84.0 Å². The summed E-state index contributed by atoms with van der Waals surface area (Å²) in [6, 6.07) is 25.0. The average Bonchev–Trinajstić information content (AvgIpc) is 3.34. The van der Waals surface area contributed by atoms with Crippen LogP contribution in [-0.4, -0.2) is 35.3 Å². The number of benzene rings is 4. The summed E-state index contributed by atoms with van der Waals surface area (Å²) in [4.78, 5) is 24.9. The summed E-state index contributed by atoms with van der Waals surface area (Å²) in [6.45, 7) is 0. The first kappa shape index (κ1) is 23.1. The van der Waals surface area contributed by atoms with Gasteiger partial charge in [0.2, 0.25) is 11.0 Å². The van der Waals surface area contributed by atoms with E-state index in [1.165, 1.54) is 0 Å². The molecule has 1 heterocycles. The molecule has 1 aromatic heterocycles. The summed E-state index contributed by atoms with van der Waals surface area (Å²) in [6.07, 6.45) is 1.66. The Labute approximate surface area is 210 Å². The normalized spacial score (nSPS) is 11.1. The molecular formula is C27H21N5O3S. The number of carbonyl (C=O) groups excluding carboxylic acids is 2. The minimum absolute atomic E-state index is 0.0102. The summed E-state index contributed by atoms with van der Waals surface area (Å²) in [7, 11) is 1.56. The summed E-state index contributed by atoms with van der Waals surface area (Å²) in [5.74, 6) is 0.00347. The Hall–Kier alpha value is -4.63. The van der Waals surface area contributed by atoms with Gasteiger partial charge < -0.3 is 4.74 Å². The molecule has 2 N–H and O–H groups in total. The Morgan fingerprint density at radius 1 is 0.944 bits per heavy atom. The van der Waals surface area contributed by atoms with E-state index in [4.69, 9.17) is 4.74 Å². The van der Waals surface area contributed by atoms with Gasteiger partial charge in [-0.1, -0.05) is 59.9 Å². The van der Waals surface area contributed by atoms with Crippen molar-refractivity contribution in [2.45, 2.75) is 6.42 Å². The third-order valence-corrected chi connectivity index (χ3v) is 6.39. The third kappa shape index (κ3) is 5.06. The van der Waals surface area contributed by atoms with Crippen LogP contribution < -0.4 is 15.5 Å². The Morgan fingerprint density at radius 2 is 1.61 bits per heavy atom. The molecule has 36 heavy (non-hydrogen) atoms. The lowest BCUT2D eigenvalue weighted by Gasteiger charge is -2.07. The molecule has 0 aliphatic rings. The van der Waals surface area contributed by atoms with Gasteiger partial charge in [-0.2, -0.15) is 5.10 Å². The molecule has 0 spiro atoms. The standard InChI is InChI=1S/C27H21N5O3S/c1-35-20-12-10-17(11-13-20)26(34)29-27-32-31-25(36-27)15-24(33)30-28-16-23-21-8-4-2-6-18(21)14-19-7-3-5-9-22(19)23/h2-14,16H,15H2,1H3,(H,30,33)(H,29,32,34)/b28-16-. The molecule has 0 unspecified atom stereocenters. The molecule has 2 amide bonds. The second kappa shape index (κ2) is 10.3. The molecule has 0 radical (unpaired) electrons. The second-order valence-corrected chi connectivity index (χ2v) is 8.95. The SMILES string of the molecule is COc1ccc(C(=O)Nc2nnc(CC(=O)N/N=C\c3c4ccccc4cc4ccccc34)s2)cc1. The number of nitrogens with one attached hydrogen (secondary N) is 2. The minimum Gasteiger partial charge on any atom is -0.497 e. The molecule has 5 aromatic rings. The van der Waals surface area contributed by atoms with Crippen LogP contribution in [0, 0.1) is 0 Å². The van der Waals surface area contributed by atoms with Gasteiger partial charge in [0.05, 0.1) is 19.7 Å². The van der Waals surface area contributed by atoms with Crippen molar-refractivity contribution in [3.8, 4) is 5.75 Å². The maximum absolute atomic E-state index is 12.5. The smallest absolute Gasteiger partial charge is 0.257 e. The number of ether oxygens (including phenoxy) is 1. The molecule has 9 heteroatoms. The van der Waals surface area contributed by atoms with Crippen molar-refractivity contribution >= 4 is 56.0 Å². The molecule has 0 saturated heterocycles. The lowest BCUT2D eigenvalue weighted by molar-refractivity contribution is -0.120. The van der Waals surface area contributed by atoms with Gasteiger partial charge in [0.15, 0.2) is 0 Å². The van der Waals surface area contributed by atoms with E-state index < -0.39 is 0 Å². The number of amides is 2. The Balaban J connectivity index is 1.24. The molecule has 0 atom stereocenters. The lowest BCUT2D eigenvalue weighted by Crippen LogP contribution is -2.19. The number of aromatic nitrogens is 2. The van der Waals surface area contributed by atoms with Crippen LogP contribution in [0.1, 0.15) is 20.9 Å². The van der Waals surface area contributed by atoms with Gasteiger partial charge in [0.25, 0.3) is 5.91 Å². The summed E-state index contributed by atoms with van der Waals surface area (Å²) >= 11 is 1.13. The number of rotatable bonds is 7. The van der Waals surface area contributed by atoms with Gasteiger partial charge in [-0.15, -0.1) is 10.2 Å². The van der Waals surface area contributed by atoms with E-state index in [1.807, 2.05) is 36.4 Å². The van der Waals surface area contributed by atoms with E-state index in [-0.39, 0.29) is 18.2 Å². The van der Waals surface area contributed by atoms with Crippen LogP contribution >= 0.6 is 11.3 Å². The highest BCUT2D eigenvalue weighted by atomic mass is 32.1. The van der Waals surface area contributed by atoms with Gasteiger partial charge in [0, 0.05) is 11.1 Å². The fourth-order valence-corrected chi connectivity index (χ4v) is 4.55. The zero-order valence-corrected chi connectivity index (χ0v) is 20.1. The average molecular weight is 496 g/mol. The Bertz CT molecular complexity index is 1540. The van der Waals surface area contributed by atoms with Gasteiger partial charge in [-0.05, 0) is 51.9 Å². The van der Waals surface area contributed by atoms with Crippen molar-refractivity contribution in [3.05, 3.63) is 95.0 Å². The molecule has 4 aromatic carbocycles. The Morgan fingerprint density at radius 3 is 2.28 bits per heavy atom. The predicted octanol–water partition coefficient (Wildman–Crippen LogP) is 4.80. The van der Waals surface area contributed by atoms with Crippen molar-refractivity contribution in [1.82, 2.24) is 15.6 Å². The molecule has 0 fully saturated rings. The predicted molar refractivity (Wildman–Crippen MR) is 142 cm³/mol. The highest BCUT2D eigenvalue weighted by molar-refractivity contribution is 7.15. The van der Waals surface area contributed by atoms with Gasteiger partial charge in [-0.25, -0.2) is 5.43 Å². The van der Waals surface area contributed by atoms with Gasteiger partial charge >= 0.3 is 0 Å². The van der Waals surface area contributed by atoms with Crippen molar-refractivity contribution in [2.24, 2.45) is 5.10 Å². The van der Waals surface area contributed by atoms with E-state index >= 15 is 0 Å². The number of hydrazone groups is 1. The second-order valence-electron chi connectivity index (χ2n) is 7.89. The van der Waals surface area contributed by atoms with Crippen LogP contribution in [0.3, 0.4) is 0 Å². The maximum atomic E-state index is 12.5. The van der Waals surface area contributed by atoms with Gasteiger partial charge in [-0.3, -0.25) is 14.9 Å². The number of hydrogen-bond acceptors (Lipinski definition) is 7. The zero-order chi connectivity index (χ0) is 24.9. The minimum atomic E-state index is -0.333. The van der Waals surface area contributed by atoms with Crippen molar-refractivity contribution in [2.75, 3.05) is 12.4 Å². The zero-order valence-electron chi connectivity index (χ0n) is 19.3. The van der Waals surface area contributed by atoms with Crippen molar-refractivity contribution in [1.29, 1.82) is 0 Å². The first-order valence-corrected chi connectivity index (χ1v) is 11.9. The fourth-order valence-electron chi connectivity index (χ4n) is 3.82. The number of anilines is 1. The van der Waals surface area contributed by atoms with Crippen molar-refractivity contribution < 1.29 is 14.3 Å². The molecule has 0 saturated carbocycles. The third-order valence-electron chi connectivity index (χ3n) is 5.55. The molecule has 0 aliphatic carbocycles. The lowest BCUT2D eigenvalue weighted by atomic mass is 9.97. The summed E-state index contributed by atoms with van der Waals surface area (Å²) < 4.78 is 5.10. The van der Waals surface area contributed by atoms with Crippen LogP contribution in [0.2, 0.25) is 0 Å². The number of carbonyl (C=O) groups is 2. The molecule has 5 rings (SSSR count). The van der Waals surface area contributed by atoms with E-state index in [1.54, 1.807) is 37.6 Å². The number of fused-ring (bicyclic) bond motifs is 2. The van der Waals surface area contributed by atoms with Crippen LogP contribution in [-0.2, 0) is 11.2 Å². The molecule has 178 valence electrons. The van der Waals surface area contributed by atoms with E-state index in [9.17, 15) is 9.59 Å². The quantitative estimate of drug-likeness (QED) is 0.192. The largest absolute Gasteiger partial charge is 0.497 e. The maximum Gasteiger partial charge on any atom is 0.257 e. The topological polar surface area (TPSA) is 106 Å². The molecule has 0 bridgehead atoms. The molecule has 8 nitrogen and oxygen atoms in total. The van der Waals surface area contributed by atoms with E-state index in [0.717, 1.165) is 38.4 Å². The highest BCUT2D eigenvalue weighted by Crippen LogP contribution is 2.27. The van der Waals surface area contributed by atoms with E-state index in [2.05, 4.69) is 44.2 Å². The fraction of sp³-hybridized carbons (Fsp3) is 0.0741. The van der Waals surface area contributed by atoms with E-state index in [0.29, 0.717) is 21.5 Å². The van der Waals surface area contributed by atoms with Crippen LogP contribution in [0.4, 0.5) is 5.13 Å². The number of hydrogen-bond donors (Lipinski definition) is 2. The number of methoxy groups -OCH3 is 1. The highest BCUT2D eigenvalue weighted by Gasteiger charge is 2.13. The summed E-state index contributed by atoms with van der Waals surface area (Å²) in [5.41, 5.74) is 3.96. The van der Waals surface area contributed by atoms with Crippen LogP contribution in [0.5, 0.6) is 5.75 Å². The van der Waals surface area contributed by atoms with Gasteiger partial charge in [0.1, 0.15) is 10.8 Å². The van der Waals surface area contributed by atoms with Crippen molar-refractivity contribution in [3.63, 3.8) is 0 Å². The molecule has 0 aliphatic heterocycles. The Kier molecular flexibility index (Phi) is 6.63. The number of nitrogens with zero attached hydrogens (tertiary/aromatic N) is 3. The first-order chi connectivity index (χ1) is 17.6. The monoisotopic (exact) mass is 495 g/mol.